The quantitative estimate of drug-likeness (QED) is 0.783. The van der Waals surface area contributed by atoms with Crippen LogP contribution in [0.2, 0.25) is 0 Å². The van der Waals surface area contributed by atoms with Gasteiger partial charge in [0.2, 0.25) is 0 Å². The number of aldehydes is 1. The van der Waals surface area contributed by atoms with Crippen LogP contribution in [0.15, 0.2) is 12.1 Å². The zero-order chi connectivity index (χ0) is 15.6. The van der Waals surface area contributed by atoms with E-state index in [9.17, 15) is 9.59 Å². The molecule has 1 amide bonds. The molecule has 1 aliphatic rings. The molecule has 0 aliphatic carbocycles. The molecule has 0 aromatic heterocycles. The molecule has 1 aromatic carbocycles. The number of benzene rings is 1. The summed E-state index contributed by atoms with van der Waals surface area (Å²) in [6, 6.07) is 3.32. The smallest absolute Gasteiger partial charge is 0.270 e. The van der Waals surface area contributed by atoms with Crippen molar-refractivity contribution >= 4 is 17.9 Å². The lowest BCUT2D eigenvalue weighted by molar-refractivity contribution is -0.132. The molecule has 1 aromatic rings. The van der Waals surface area contributed by atoms with Crippen LogP contribution in [-0.4, -0.2) is 30.9 Å². The number of hydrogen-bond acceptors (Lipinski definition) is 4. The van der Waals surface area contributed by atoms with Crippen LogP contribution < -0.4 is 14.4 Å². The summed E-state index contributed by atoms with van der Waals surface area (Å²) in [4.78, 5) is 25.3. The van der Waals surface area contributed by atoms with Crippen molar-refractivity contribution < 1.29 is 19.1 Å². The molecule has 1 heterocycles. The SMILES string of the molecule is CCCN1C(=O)C(C)(C)Oc2c(OCC)cc(C=O)cc21. The summed E-state index contributed by atoms with van der Waals surface area (Å²) >= 11 is 0. The zero-order valence-corrected chi connectivity index (χ0v) is 12.9. The van der Waals surface area contributed by atoms with E-state index in [0.717, 1.165) is 12.7 Å². The fraction of sp³-hybridized carbons (Fsp3) is 0.500. The van der Waals surface area contributed by atoms with Crippen LogP contribution in [0.1, 0.15) is 44.5 Å². The summed E-state index contributed by atoms with van der Waals surface area (Å²) in [7, 11) is 0. The van der Waals surface area contributed by atoms with E-state index in [0.29, 0.717) is 35.9 Å². The summed E-state index contributed by atoms with van der Waals surface area (Å²) in [6.45, 7) is 8.38. The molecule has 114 valence electrons. The molecule has 5 heteroatoms. The number of rotatable bonds is 5. The lowest BCUT2D eigenvalue weighted by atomic mass is 10.0. The van der Waals surface area contributed by atoms with Crippen LogP contribution in [0.4, 0.5) is 5.69 Å². The Morgan fingerprint density at radius 3 is 2.62 bits per heavy atom. The molecule has 0 bridgehead atoms. The third kappa shape index (κ3) is 2.73. The molecule has 0 atom stereocenters. The van der Waals surface area contributed by atoms with Crippen LogP contribution in [0, 0.1) is 0 Å². The van der Waals surface area contributed by atoms with Gasteiger partial charge in [-0.05, 0) is 39.3 Å². The van der Waals surface area contributed by atoms with E-state index in [4.69, 9.17) is 9.47 Å². The number of anilines is 1. The van der Waals surface area contributed by atoms with Gasteiger partial charge >= 0.3 is 0 Å². The normalized spacial score (nSPS) is 16.2. The van der Waals surface area contributed by atoms with Crippen LogP contribution >= 0.6 is 0 Å². The van der Waals surface area contributed by atoms with Gasteiger partial charge in [0.05, 0.1) is 12.3 Å². The maximum absolute atomic E-state index is 12.5. The van der Waals surface area contributed by atoms with Gasteiger partial charge in [0, 0.05) is 12.1 Å². The Hall–Kier alpha value is -2.04. The number of nitrogens with zero attached hydrogens (tertiary/aromatic N) is 1. The number of amides is 1. The number of ether oxygens (including phenoxy) is 2. The molecule has 0 radical (unpaired) electrons. The minimum Gasteiger partial charge on any atom is -0.490 e. The topological polar surface area (TPSA) is 55.8 Å². The zero-order valence-electron chi connectivity index (χ0n) is 12.9. The molecule has 5 nitrogen and oxygen atoms in total. The fourth-order valence-corrected chi connectivity index (χ4v) is 2.42. The van der Waals surface area contributed by atoms with Crippen LogP contribution in [0.3, 0.4) is 0 Å². The first kappa shape index (κ1) is 15.4. The van der Waals surface area contributed by atoms with E-state index in [1.54, 1.807) is 30.9 Å². The molecule has 0 unspecified atom stereocenters. The van der Waals surface area contributed by atoms with Crippen LogP contribution in [-0.2, 0) is 4.79 Å². The van der Waals surface area contributed by atoms with Gasteiger partial charge in [-0.2, -0.15) is 0 Å². The maximum atomic E-state index is 12.5. The van der Waals surface area contributed by atoms with Gasteiger partial charge in [-0.25, -0.2) is 0 Å². The molecule has 2 rings (SSSR count). The van der Waals surface area contributed by atoms with Crippen molar-refractivity contribution in [1.82, 2.24) is 0 Å². The highest BCUT2D eigenvalue weighted by Gasteiger charge is 2.42. The van der Waals surface area contributed by atoms with Crippen molar-refractivity contribution in [3.63, 3.8) is 0 Å². The second-order valence-corrected chi connectivity index (χ2v) is 5.49. The summed E-state index contributed by atoms with van der Waals surface area (Å²) in [5, 5.41) is 0. The summed E-state index contributed by atoms with van der Waals surface area (Å²) in [5.74, 6) is 0.918. The Kier molecular flexibility index (Phi) is 4.21. The molecule has 0 N–H and O–H groups in total. The third-order valence-corrected chi connectivity index (χ3v) is 3.35. The molecule has 21 heavy (non-hydrogen) atoms. The lowest BCUT2D eigenvalue weighted by Crippen LogP contribution is -2.52. The number of fused-ring (bicyclic) bond motifs is 1. The lowest BCUT2D eigenvalue weighted by Gasteiger charge is -2.39. The monoisotopic (exact) mass is 291 g/mol. The molecule has 0 saturated carbocycles. The van der Waals surface area contributed by atoms with Crippen molar-refractivity contribution in [2.45, 2.75) is 39.7 Å². The van der Waals surface area contributed by atoms with Crippen molar-refractivity contribution in [2.75, 3.05) is 18.1 Å². The van der Waals surface area contributed by atoms with E-state index >= 15 is 0 Å². The van der Waals surface area contributed by atoms with Crippen molar-refractivity contribution in [1.29, 1.82) is 0 Å². The van der Waals surface area contributed by atoms with Gasteiger partial charge in [-0.3, -0.25) is 9.59 Å². The Morgan fingerprint density at radius 2 is 2.05 bits per heavy atom. The number of hydrogen-bond donors (Lipinski definition) is 0. The summed E-state index contributed by atoms with van der Waals surface area (Å²) < 4.78 is 11.4. The van der Waals surface area contributed by atoms with E-state index in [-0.39, 0.29) is 5.91 Å². The maximum Gasteiger partial charge on any atom is 0.270 e. The highest BCUT2D eigenvalue weighted by Crippen LogP contribution is 2.45. The predicted octanol–water partition coefficient (Wildman–Crippen LogP) is 2.81. The highest BCUT2D eigenvalue weighted by atomic mass is 16.5. The fourth-order valence-electron chi connectivity index (χ4n) is 2.42. The Bertz CT molecular complexity index is 566. The summed E-state index contributed by atoms with van der Waals surface area (Å²) in [5.41, 5.74) is 0.125. The largest absolute Gasteiger partial charge is 0.490 e. The van der Waals surface area contributed by atoms with Gasteiger partial charge in [-0.1, -0.05) is 6.92 Å². The second kappa shape index (κ2) is 5.76. The van der Waals surface area contributed by atoms with E-state index < -0.39 is 5.60 Å². The van der Waals surface area contributed by atoms with Crippen LogP contribution in [0.25, 0.3) is 0 Å². The van der Waals surface area contributed by atoms with Crippen LogP contribution in [0.5, 0.6) is 11.5 Å². The first-order chi connectivity index (χ1) is 9.94. The van der Waals surface area contributed by atoms with Crippen molar-refractivity contribution in [3.05, 3.63) is 17.7 Å². The first-order valence-corrected chi connectivity index (χ1v) is 7.21. The van der Waals surface area contributed by atoms with E-state index in [1.165, 1.54) is 0 Å². The Labute approximate surface area is 124 Å². The standard InChI is InChI=1S/C16H21NO4/c1-5-7-17-12-8-11(10-18)9-13(20-6-2)14(12)21-16(3,4)15(17)19/h8-10H,5-7H2,1-4H3. The van der Waals surface area contributed by atoms with Gasteiger partial charge < -0.3 is 14.4 Å². The molecule has 0 saturated heterocycles. The Balaban J connectivity index is 2.63. The number of carbonyl (C=O) groups is 2. The van der Waals surface area contributed by atoms with E-state index in [2.05, 4.69) is 0 Å². The molecule has 0 spiro atoms. The molecule has 1 aliphatic heterocycles. The minimum absolute atomic E-state index is 0.109. The van der Waals surface area contributed by atoms with Gasteiger partial charge in [0.15, 0.2) is 17.1 Å². The first-order valence-electron chi connectivity index (χ1n) is 7.21. The predicted molar refractivity (Wildman–Crippen MR) is 80.3 cm³/mol. The minimum atomic E-state index is -0.948. The second-order valence-electron chi connectivity index (χ2n) is 5.49. The molecular weight excluding hydrogens is 270 g/mol. The molecular formula is C16H21NO4. The number of carbonyl (C=O) groups excluding carboxylic acids is 2. The van der Waals surface area contributed by atoms with Gasteiger partial charge in [-0.15, -0.1) is 0 Å². The average Bonchev–Trinajstić information content (AvgIpc) is 2.44. The average molecular weight is 291 g/mol. The summed E-state index contributed by atoms with van der Waals surface area (Å²) in [6.07, 6.45) is 1.56. The van der Waals surface area contributed by atoms with E-state index in [1.807, 2.05) is 13.8 Å². The van der Waals surface area contributed by atoms with Gasteiger partial charge in [0.1, 0.15) is 6.29 Å². The van der Waals surface area contributed by atoms with Crippen molar-refractivity contribution in [3.8, 4) is 11.5 Å². The highest BCUT2D eigenvalue weighted by molar-refractivity contribution is 6.03. The molecule has 0 fully saturated rings. The van der Waals surface area contributed by atoms with Gasteiger partial charge in [0.25, 0.3) is 5.91 Å². The Morgan fingerprint density at radius 1 is 1.33 bits per heavy atom. The third-order valence-electron chi connectivity index (χ3n) is 3.35. The van der Waals surface area contributed by atoms with Crippen molar-refractivity contribution in [2.24, 2.45) is 0 Å².